The van der Waals surface area contributed by atoms with Gasteiger partial charge in [-0.3, -0.25) is 4.79 Å². The Morgan fingerprint density at radius 3 is 2.69 bits per heavy atom. The first-order chi connectivity index (χ1) is 6.04. The van der Waals surface area contributed by atoms with Crippen molar-refractivity contribution in [1.29, 1.82) is 0 Å². The highest BCUT2D eigenvalue weighted by molar-refractivity contribution is 5.71. The molecule has 1 rings (SSSR count). The molecule has 3 nitrogen and oxygen atoms in total. The van der Waals surface area contributed by atoms with Crippen molar-refractivity contribution in [3.63, 3.8) is 0 Å². The van der Waals surface area contributed by atoms with E-state index in [1.54, 1.807) is 32.0 Å². The third kappa shape index (κ3) is 2.56. The molecule has 0 fully saturated rings. The summed E-state index contributed by atoms with van der Waals surface area (Å²) in [5, 5.41) is 12.2. The van der Waals surface area contributed by atoms with Gasteiger partial charge in [0.05, 0.1) is 5.60 Å². The van der Waals surface area contributed by atoms with Crippen LogP contribution in [-0.4, -0.2) is 11.5 Å². The van der Waals surface area contributed by atoms with E-state index >= 15 is 0 Å². The third-order valence-corrected chi connectivity index (χ3v) is 1.79. The van der Waals surface area contributed by atoms with Gasteiger partial charge in [0.25, 0.3) is 0 Å². The minimum atomic E-state index is -0.874. The van der Waals surface area contributed by atoms with Crippen LogP contribution >= 0.6 is 0 Å². The van der Waals surface area contributed by atoms with Gasteiger partial charge in [-0.1, -0.05) is 12.1 Å². The molecular weight excluding hydrogens is 166 g/mol. The van der Waals surface area contributed by atoms with Gasteiger partial charge in [-0.15, -0.1) is 0 Å². The minimum absolute atomic E-state index is 0.615. The van der Waals surface area contributed by atoms with Crippen LogP contribution in [0.2, 0.25) is 0 Å². The maximum absolute atomic E-state index is 10.2. The van der Waals surface area contributed by atoms with E-state index in [2.05, 4.69) is 5.32 Å². The van der Waals surface area contributed by atoms with Crippen LogP contribution in [0.3, 0.4) is 0 Å². The van der Waals surface area contributed by atoms with Crippen LogP contribution in [0.15, 0.2) is 24.3 Å². The number of nitrogens with one attached hydrogen (secondary N) is 1. The molecular formula is C10H13NO2. The Morgan fingerprint density at radius 1 is 1.46 bits per heavy atom. The highest BCUT2D eigenvalue weighted by atomic mass is 16.3. The topological polar surface area (TPSA) is 49.3 Å². The average molecular weight is 179 g/mol. The molecule has 0 bridgehead atoms. The summed E-state index contributed by atoms with van der Waals surface area (Å²) < 4.78 is 0. The lowest BCUT2D eigenvalue weighted by Crippen LogP contribution is -2.15. The van der Waals surface area contributed by atoms with E-state index in [0.29, 0.717) is 12.1 Å². The maximum Gasteiger partial charge on any atom is 0.211 e. The van der Waals surface area contributed by atoms with Gasteiger partial charge in [0.1, 0.15) is 0 Å². The number of carbonyl (C=O) groups is 1. The lowest BCUT2D eigenvalue weighted by Gasteiger charge is -2.18. The van der Waals surface area contributed by atoms with E-state index < -0.39 is 5.60 Å². The molecule has 13 heavy (non-hydrogen) atoms. The first kappa shape index (κ1) is 9.74. The molecule has 0 radical (unpaired) electrons. The lowest BCUT2D eigenvalue weighted by molar-refractivity contribution is -0.105. The number of carbonyl (C=O) groups excluding carboxylic acids is 1. The number of hydrogen-bond acceptors (Lipinski definition) is 2. The number of anilines is 1. The van der Waals surface area contributed by atoms with Crippen LogP contribution in [0.1, 0.15) is 19.4 Å². The molecule has 0 aliphatic carbocycles. The standard InChI is InChI=1S/C10H13NO2/c1-10(2,13)8-4-3-5-9(6-8)11-7-12/h3-7,13H,1-2H3,(H,11,12). The zero-order chi connectivity index (χ0) is 9.90. The van der Waals surface area contributed by atoms with Crippen molar-refractivity contribution < 1.29 is 9.90 Å². The molecule has 0 aliphatic rings. The van der Waals surface area contributed by atoms with Crippen molar-refractivity contribution in [2.24, 2.45) is 0 Å². The van der Waals surface area contributed by atoms with E-state index in [9.17, 15) is 9.90 Å². The zero-order valence-corrected chi connectivity index (χ0v) is 7.74. The highest BCUT2D eigenvalue weighted by Gasteiger charge is 2.15. The van der Waals surface area contributed by atoms with Gasteiger partial charge in [-0.05, 0) is 31.5 Å². The number of rotatable bonds is 3. The zero-order valence-electron chi connectivity index (χ0n) is 7.74. The van der Waals surface area contributed by atoms with Crippen LogP contribution in [0.4, 0.5) is 5.69 Å². The van der Waals surface area contributed by atoms with Crippen LogP contribution < -0.4 is 5.32 Å². The third-order valence-electron chi connectivity index (χ3n) is 1.79. The molecule has 0 aliphatic heterocycles. The Labute approximate surface area is 77.4 Å². The predicted molar refractivity (Wildman–Crippen MR) is 51.4 cm³/mol. The second-order valence-electron chi connectivity index (χ2n) is 3.40. The Bertz CT molecular complexity index is 302. The van der Waals surface area contributed by atoms with E-state index in [0.717, 1.165) is 5.56 Å². The molecule has 0 aromatic heterocycles. The van der Waals surface area contributed by atoms with E-state index in [-0.39, 0.29) is 0 Å². The first-order valence-electron chi connectivity index (χ1n) is 4.07. The summed E-state index contributed by atoms with van der Waals surface area (Å²) in [4.78, 5) is 10.2. The largest absolute Gasteiger partial charge is 0.386 e. The molecule has 1 amide bonds. The molecule has 0 atom stereocenters. The van der Waals surface area contributed by atoms with Crippen molar-refractivity contribution in [3.8, 4) is 0 Å². The summed E-state index contributed by atoms with van der Waals surface area (Å²) >= 11 is 0. The van der Waals surface area contributed by atoms with Gasteiger partial charge >= 0.3 is 0 Å². The van der Waals surface area contributed by atoms with Crippen molar-refractivity contribution in [2.45, 2.75) is 19.4 Å². The second kappa shape index (κ2) is 3.58. The van der Waals surface area contributed by atoms with Gasteiger partial charge in [0.2, 0.25) is 6.41 Å². The van der Waals surface area contributed by atoms with Crippen LogP contribution in [0.5, 0.6) is 0 Å². The van der Waals surface area contributed by atoms with Crippen molar-refractivity contribution in [2.75, 3.05) is 5.32 Å². The fourth-order valence-corrected chi connectivity index (χ4v) is 1.06. The summed E-state index contributed by atoms with van der Waals surface area (Å²) in [5.74, 6) is 0. The number of aliphatic hydroxyl groups is 1. The molecule has 3 heteroatoms. The van der Waals surface area contributed by atoms with Crippen LogP contribution in [0, 0.1) is 0 Å². The van der Waals surface area contributed by atoms with Gasteiger partial charge < -0.3 is 10.4 Å². The van der Waals surface area contributed by atoms with Gasteiger partial charge in [0, 0.05) is 5.69 Å². The number of hydrogen-bond donors (Lipinski definition) is 2. The molecule has 0 saturated carbocycles. The normalized spacial score (nSPS) is 11.0. The summed E-state index contributed by atoms with van der Waals surface area (Å²) in [5.41, 5.74) is 0.592. The van der Waals surface area contributed by atoms with Crippen molar-refractivity contribution in [1.82, 2.24) is 0 Å². The Balaban J connectivity index is 2.98. The first-order valence-corrected chi connectivity index (χ1v) is 4.07. The molecule has 1 aromatic carbocycles. The Kier molecular flexibility index (Phi) is 2.68. The molecule has 1 aromatic rings. The second-order valence-corrected chi connectivity index (χ2v) is 3.40. The van der Waals surface area contributed by atoms with Crippen molar-refractivity contribution >= 4 is 12.1 Å². The van der Waals surface area contributed by atoms with E-state index in [1.807, 2.05) is 6.07 Å². The number of amides is 1. The van der Waals surface area contributed by atoms with Crippen LogP contribution in [0.25, 0.3) is 0 Å². The summed E-state index contributed by atoms with van der Waals surface area (Å²) in [6, 6.07) is 7.12. The summed E-state index contributed by atoms with van der Waals surface area (Å²) in [7, 11) is 0. The van der Waals surface area contributed by atoms with Crippen LogP contribution in [-0.2, 0) is 10.4 Å². The lowest BCUT2D eigenvalue weighted by atomic mass is 9.98. The molecule has 0 spiro atoms. The summed E-state index contributed by atoms with van der Waals surface area (Å²) in [6.07, 6.45) is 0.615. The van der Waals surface area contributed by atoms with Gasteiger partial charge in [-0.2, -0.15) is 0 Å². The fraction of sp³-hybridized carbons (Fsp3) is 0.300. The van der Waals surface area contributed by atoms with Gasteiger partial charge in [0.15, 0.2) is 0 Å². The van der Waals surface area contributed by atoms with Gasteiger partial charge in [-0.25, -0.2) is 0 Å². The average Bonchev–Trinajstić information content (AvgIpc) is 2.04. The SMILES string of the molecule is CC(C)(O)c1cccc(NC=O)c1. The minimum Gasteiger partial charge on any atom is -0.386 e. The van der Waals surface area contributed by atoms with Crippen molar-refractivity contribution in [3.05, 3.63) is 29.8 Å². The molecule has 70 valence electrons. The smallest absolute Gasteiger partial charge is 0.211 e. The molecule has 2 N–H and O–H groups in total. The molecule has 0 unspecified atom stereocenters. The quantitative estimate of drug-likeness (QED) is 0.690. The molecule has 0 heterocycles. The van der Waals surface area contributed by atoms with E-state index in [1.165, 1.54) is 0 Å². The maximum atomic E-state index is 10.2. The summed E-state index contributed by atoms with van der Waals surface area (Å²) in [6.45, 7) is 3.40. The number of benzene rings is 1. The predicted octanol–water partition coefficient (Wildman–Crippen LogP) is 1.48. The Morgan fingerprint density at radius 2 is 2.15 bits per heavy atom. The molecule has 0 saturated heterocycles. The monoisotopic (exact) mass is 179 g/mol. The Hall–Kier alpha value is -1.35. The highest BCUT2D eigenvalue weighted by Crippen LogP contribution is 2.21. The fourth-order valence-electron chi connectivity index (χ4n) is 1.06. The van der Waals surface area contributed by atoms with E-state index in [4.69, 9.17) is 0 Å².